The lowest BCUT2D eigenvalue weighted by molar-refractivity contribution is -0.137. The van der Waals surface area contributed by atoms with Gasteiger partial charge >= 0.3 is 0 Å². The molecule has 1 heterocycles. The molecule has 1 unspecified atom stereocenters. The molecule has 1 aliphatic heterocycles. The normalized spacial score (nSPS) is 15.4. The van der Waals surface area contributed by atoms with Gasteiger partial charge in [-0.3, -0.25) is 24.1 Å². The SMILES string of the molecule is CC(CCCCNC(=O)CCN1C(=O)C=CC1=O)C(=O)P=S. The van der Waals surface area contributed by atoms with Crippen LogP contribution in [0.3, 0.4) is 0 Å². The van der Waals surface area contributed by atoms with Crippen molar-refractivity contribution in [3.05, 3.63) is 12.2 Å². The lowest BCUT2D eigenvalue weighted by Gasteiger charge is -2.13. The standard InChI is InChI=1S/C14H19N2O4PS/c1-10(14(20)21-22)4-2-3-8-15-11(17)7-9-16-12(18)5-6-13(16)19/h5-6,10H,2-4,7-9H2,1H3,(H,15,17). The zero-order valence-electron chi connectivity index (χ0n) is 12.4. The van der Waals surface area contributed by atoms with Gasteiger partial charge < -0.3 is 5.32 Å². The Morgan fingerprint density at radius 3 is 2.50 bits per heavy atom. The van der Waals surface area contributed by atoms with Crippen molar-refractivity contribution in [2.24, 2.45) is 5.92 Å². The number of carbonyl (C=O) groups is 4. The van der Waals surface area contributed by atoms with Crippen LogP contribution in [0.4, 0.5) is 0 Å². The highest BCUT2D eigenvalue weighted by Gasteiger charge is 2.23. The van der Waals surface area contributed by atoms with Gasteiger partial charge in [-0.05, 0) is 24.6 Å². The van der Waals surface area contributed by atoms with Gasteiger partial charge in [-0.15, -0.1) is 0 Å². The zero-order chi connectivity index (χ0) is 16.5. The van der Waals surface area contributed by atoms with Gasteiger partial charge in [0.15, 0.2) is 5.52 Å². The van der Waals surface area contributed by atoms with Crippen molar-refractivity contribution in [3.63, 3.8) is 0 Å². The predicted octanol–water partition coefficient (Wildman–Crippen LogP) is 1.16. The van der Waals surface area contributed by atoms with Crippen molar-refractivity contribution in [1.29, 1.82) is 0 Å². The first-order chi connectivity index (χ1) is 10.5. The molecule has 0 aromatic rings. The van der Waals surface area contributed by atoms with Gasteiger partial charge in [0.25, 0.3) is 11.8 Å². The fourth-order valence-corrected chi connectivity index (χ4v) is 2.82. The maximum absolute atomic E-state index is 11.6. The molecule has 1 aliphatic rings. The minimum absolute atomic E-state index is 0.0328. The highest BCUT2D eigenvalue weighted by atomic mass is 32.4. The fourth-order valence-electron chi connectivity index (χ4n) is 1.97. The minimum atomic E-state index is -0.377. The Morgan fingerprint density at radius 1 is 1.27 bits per heavy atom. The van der Waals surface area contributed by atoms with E-state index >= 15 is 0 Å². The molecule has 22 heavy (non-hydrogen) atoms. The summed E-state index contributed by atoms with van der Waals surface area (Å²) in [5.74, 6) is -0.981. The third-order valence-corrected chi connectivity index (χ3v) is 4.52. The van der Waals surface area contributed by atoms with Crippen LogP contribution in [0.2, 0.25) is 0 Å². The van der Waals surface area contributed by atoms with Crippen LogP contribution in [-0.2, 0) is 31.0 Å². The Hall–Kier alpha value is -1.46. The predicted molar refractivity (Wildman–Crippen MR) is 85.8 cm³/mol. The molecule has 1 atom stereocenters. The summed E-state index contributed by atoms with van der Waals surface area (Å²) >= 11 is 4.69. The van der Waals surface area contributed by atoms with Gasteiger partial charge in [0.1, 0.15) is 0 Å². The molecule has 0 spiro atoms. The smallest absolute Gasteiger partial charge is 0.253 e. The van der Waals surface area contributed by atoms with Crippen LogP contribution in [-0.4, -0.2) is 41.2 Å². The molecule has 8 heteroatoms. The molecule has 0 aliphatic carbocycles. The van der Waals surface area contributed by atoms with Crippen molar-refractivity contribution in [1.82, 2.24) is 10.2 Å². The van der Waals surface area contributed by atoms with Gasteiger partial charge in [0.05, 0.1) is 7.36 Å². The monoisotopic (exact) mass is 342 g/mol. The third kappa shape index (κ3) is 6.12. The van der Waals surface area contributed by atoms with E-state index in [-0.39, 0.29) is 42.1 Å². The highest BCUT2D eigenvalue weighted by Crippen LogP contribution is 2.14. The molecule has 120 valence electrons. The molecule has 6 nitrogen and oxygen atoms in total. The van der Waals surface area contributed by atoms with Gasteiger partial charge in [-0.2, -0.15) is 0 Å². The van der Waals surface area contributed by atoms with Crippen LogP contribution in [0.25, 0.3) is 0 Å². The summed E-state index contributed by atoms with van der Waals surface area (Å²) in [6, 6.07) is 0. The van der Waals surface area contributed by atoms with E-state index in [0.717, 1.165) is 24.2 Å². The Labute approximate surface area is 136 Å². The van der Waals surface area contributed by atoms with E-state index in [1.165, 1.54) is 12.2 Å². The largest absolute Gasteiger partial charge is 0.356 e. The van der Waals surface area contributed by atoms with E-state index in [1.807, 2.05) is 6.92 Å². The van der Waals surface area contributed by atoms with Crippen molar-refractivity contribution in [2.45, 2.75) is 32.6 Å². The van der Waals surface area contributed by atoms with Gasteiger partial charge in [-0.1, -0.05) is 13.3 Å². The Balaban J connectivity index is 2.09. The maximum atomic E-state index is 11.6. The maximum Gasteiger partial charge on any atom is 0.253 e. The Morgan fingerprint density at radius 2 is 1.91 bits per heavy atom. The summed E-state index contributed by atoms with van der Waals surface area (Å²) in [6.45, 7) is 2.48. The number of hydrogen-bond donors (Lipinski definition) is 1. The van der Waals surface area contributed by atoms with E-state index in [4.69, 9.17) is 0 Å². The highest BCUT2D eigenvalue weighted by molar-refractivity contribution is 8.03. The van der Waals surface area contributed by atoms with E-state index in [9.17, 15) is 19.2 Å². The molecular formula is C14H19N2O4PS. The second-order valence-corrected chi connectivity index (χ2v) is 6.26. The first-order valence-corrected chi connectivity index (χ1v) is 9.04. The van der Waals surface area contributed by atoms with Gasteiger partial charge in [-0.25, -0.2) is 0 Å². The number of unbranched alkanes of at least 4 members (excludes halogenated alkanes) is 1. The summed E-state index contributed by atoms with van der Waals surface area (Å²) in [4.78, 5) is 46.5. The first kappa shape index (κ1) is 18.6. The Bertz CT molecular complexity index is 489. The molecule has 0 radical (unpaired) electrons. The summed E-state index contributed by atoms with van der Waals surface area (Å²) in [6.07, 6.45) is 4.88. The van der Waals surface area contributed by atoms with Gasteiger partial charge in [0.2, 0.25) is 5.91 Å². The second kappa shape index (κ2) is 9.54. The van der Waals surface area contributed by atoms with Crippen LogP contribution < -0.4 is 5.32 Å². The average molecular weight is 342 g/mol. The second-order valence-electron chi connectivity index (χ2n) is 5.09. The van der Waals surface area contributed by atoms with E-state index in [2.05, 4.69) is 17.1 Å². The molecule has 0 bridgehead atoms. The molecule has 1 rings (SSSR count). The quantitative estimate of drug-likeness (QED) is 0.366. The van der Waals surface area contributed by atoms with E-state index in [1.54, 1.807) is 0 Å². The lowest BCUT2D eigenvalue weighted by atomic mass is 10.1. The molecule has 0 fully saturated rings. The average Bonchev–Trinajstić information content (AvgIpc) is 2.82. The molecule has 1 N–H and O–H groups in total. The molecule has 0 aromatic heterocycles. The number of amides is 3. The summed E-state index contributed by atoms with van der Waals surface area (Å²) < 4.78 is 0. The molecule has 0 aromatic carbocycles. The molecule has 0 saturated carbocycles. The number of hydrogen-bond acceptors (Lipinski definition) is 5. The van der Waals surface area contributed by atoms with E-state index in [0.29, 0.717) is 13.9 Å². The van der Waals surface area contributed by atoms with Crippen LogP contribution in [0.5, 0.6) is 0 Å². The fraction of sp³-hybridized carbons (Fsp3) is 0.571. The summed E-state index contributed by atoms with van der Waals surface area (Å²) in [5, 5.41) is 2.74. The van der Waals surface area contributed by atoms with Crippen molar-refractivity contribution < 1.29 is 19.2 Å². The molecule has 3 amide bonds. The number of imide groups is 1. The van der Waals surface area contributed by atoms with Crippen LogP contribution >= 0.6 is 7.36 Å². The van der Waals surface area contributed by atoms with Crippen LogP contribution in [0.1, 0.15) is 32.6 Å². The van der Waals surface area contributed by atoms with E-state index < -0.39 is 0 Å². The van der Waals surface area contributed by atoms with Crippen molar-refractivity contribution in [3.8, 4) is 0 Å². The Kier molecular flexibility index (Phi) is 8.06. The van der Waals surface area contributed by atoms with Crippen LogP contribution in [0.15, 0.2) is 12.2 Å². The minimum Gasteiger partial charge on any atom is -0.356 e. The topological polar surface area (TPSA) is 83.6 Å². The van der Waals surface area contributed by atoms with Crippen molar-refractivity contribution in [2.75, 3.05) is 13.1 Å². The van der Waals surface area contributed by atoms with Gasteiger partial charge in [0, 0.05) is 37.6 Å². The number of carbonyl (C=O) groups excluding carboxylic acids is 4. The third-order valence-electron chi connectivity index (χ3n) is 3.36. The summed E-state index contributed by atoms with van der Waals surface area (Å²) in [5.41, 5.74) is 0.0626. The first-order valence-electron chi connectivity index (χ1n) is 7.13. The zero-order valence-corrected chi connectivity index (χ0v) is 14.1. The summed E-state index contributed by atoms with van der Waals surface area (Å²) in [7, 11) is 0.379. The number of nitrogens with zero attached hydrogens (tertiary/aromatic N) is 1. The van der Waals surface area contributed by atoms with Crippen LogP contribution in [0, 0.1) is 5.92 Å². The van der Waals surface area contributed by atoms with Crippen molar-refractivity contribution >= 4 is 42.4 Å². The number of rotatable bonds is 10. The number of nitrogens with one attached hydrogen (secondary N) is 1. The lowest BCUT2D eigenvalue weighted by Crippen LogP contribution is -2.34. The molecular weight excluding hydrogens is 323 g/mol. The molecule has 0 saturated heterocycles.